The Labute approximate surface area is 189 Å². The number of oxazole rings is 1. The lowest BCUT2D eigenvalue weighted by atomic mass is 10.1. The second-order valence-corrected chi connectivity index (χ2v) is 7.95. The van der Waals surface area contributed by atoms with Gasteiger partial charge in [-0.25, -0.2) is 4.98 Å². The lowest BCUT2D eigenvalue weighted by Crippen LogP contribution is -2.30. The first kappa shape index (κ1) is 23.3. The van der Waals surface area contributed by atoms with Gasteiger partial charge in [0.05, 0.1) is 20.8 Å². The first-order chi connectivity index (χ1) is 15.4. The van der Waals surface area contributed by atoms with Crippen molar-refractivity contribution < 1.29 is 18.7 Å². The highest BCUT2D eigenvalue weighted by Crippen LogP contribution is 2.27. The molecule has 0 aliphatic carbocycles. The summed E-state index contributed by atoms with van der Waals surface area (Å²) in [6, 6.07) is 15.9. The summed E-state index contributed by atoms with van der Waals surface area (Å²) in [5, 5.41) is 0. The monoisotopic (exact) mass is 437 g/mol. The second kappa shape index (κ2) is 10.8. The molecule has 3 aromatic rings. The minimum atomic E-state index is -0.170. The van der Waals surface area contributed by atoms with Crippen molar-refractivity contribution in [2.75, 3.05) is 21.3 Å². The molecule has 170 valence electrons. The van der Waals surface area contributed by atoms with Crippen molar-refractivity contribution in [3.8, 4) is 11.5 Å². The number of carbonyl (C=O) groups is 1. The number of rotatable bonds is 10. The number of hydrogen-bond acceptors (Lipinski definition) is 6. The van der Waals surface area contributed by atoms with Crippen LogP contribution in [-0.4, -0.2) is 48.0 Å². The molecule has 1 aromatic heterocycles. The average molecular weight is 438 g/mol. The number of ether oxygens (including phenoxy) is 2. The second-order valence-electron chi connectivity index (χ2n) is 7.95. The van der Waals surface area contributed by atoms with Gasteiger partial charge >= 0.3 is 0 Å². The van der Waals surface area contributed by atoms with Gasteiger partial charge in [0.15, 0.2) is 5.69 Å². The molecule has 0 bridgehead atoms. The highest BCUT2D eigenvalue weighted by Gasteiger charge is 2.20. The van der Waals surface area contributed by atoms with Crippen molar-refractivity contribution >= 4 is 5.91 Å². The molecular weight excluding hydrogens is 406 g/mol. The van der Waals surface area contributed by atoms with Crippen LogP contribution in [0.3, 0.4) is 0 Å². The molecule has 32 heavy (non-hydrogen) atoms. The Morgan fingerprint density at radius 1 is 1.03 bits per heavy atom. The molecule has 0 aliphatic heterocycles. The maximum atomic E-state index is 12.8. The van der Waals surface area contributed by atoms with E-state index in [9.17, 15) is 4.79 Å². The Balaban J connectivity index is 1.68. The molecule has 0 atom stereocenters. The zero-order valence-corrected chi connectivity index (χ0v) is 19.4. The number of nitrogens with zero attached hydrogens (tertiary/aromatic N) is 3. The van der Waals surface area contributed by atoms with Crippen molar-refractivity contribution in [1.82, 2.24) is 14.8 Å². The summed E-state index contributed by atoms with van der Waals surface area (Å²) in [7, 11) is 5.05. The van der Waals surface area contributed by atoms with Crippen LogP contribution in [0.4, 0.5) is 0 Å². The van der Waals surface area contributed by atoms with Crippen LogP contribution in [0.5, 0.6) is 11.5 Å². The number of carbonyl (C=O) groups excluding carboxylic acids is 1. The van der Waals surface area contributed by atoms with E-state index in [2.05, 4.69) is 23.7 Å². The normalized spacial score (nSPS) is 11.1. The van der Waals surface area contributed by atoms with E-state index >= 15 is 0 Å². The van der Waals surface area contributed by atoms with Crippen molar-refractivity contribution in [3.05, 3.63) is 77.5 Å². The minimum absolute atomic E-state index is 0.170. The van der Waals surface area contributed by atoms with Gasteiger partial charge in [-0.3, -0.25) is 9.69 Å². The molecule has 3 rings (SSSR count). The molecule has 7 nitrogen and oxygen atoms in total. The predicted octanol–water partition coefficient (Wildman–Crippen LogP) is 4.37. The van der Waals surface area contributed by atoms with Crippen LogP contribution in [0.1, 0.15) is 41.4 Å². The zero-order chi connectivity index (χ0) is 23.1. The number of methoxy groups -OCH3 is 2. The van der Waals surface area contributed by atoms with Crippen LogP contribution in [-0.2, 0) is 19.6 Å². The maximum Gasteiger partial charge on any atom is 0.275 e. The molecular formula is C25H31N3O4. The van der Waals surface area contributed by atoms with E-state index in [1.165, 1.54) is 6.26 Å². The topological polar surface area (TPSA) is 68.0 Å². The Morgan fingerprint density at radius 2 is 1.78 bits per heavy atom. The van der Waals surface area contributed by atoms with E-state index in [-0.39, 0.29) is 11.9 Å². The quantitative estimate of drug-likeness (QED) is 0.469. The zero-order valence-electron chi connectivity index (χ0n) is 19.4. The smallest absolute Gasteiger partial charge is 0.275 e. The van der Waals surface area contributed by atoms with Gasteiger partial charge in [0, 0.05) is 37.8 Å². The molecule has 0 N–H and O–H groups in total. The highest BCUT2D eigenvalue weighted by atomic mass is 16.5. The molecule has 1 heterocycles. The maximum absolute atomic E-state index is 12.8. The number of benzene rings is 2. The minimum Gasteiger partial charge on any atom is -0.497 e. The highest BCUT2D eigenvalue weighted by molar-refractivity contribution is 5.91. The SMILES string of the molecule is COc1ccc(CN(Cc2nc(C(=O)N(C)Cc3ccccc3)co2)C(C)C)c(OC)c1. The molecule has 0 saturated carbocycles. The fourth-order valence-electron chi connectivity index (χ4n) is 3.40. The average Bonchev–Trinajstić information content (AvgIpc) is 3.27. The predicted molar refractivity (Wildman–Crippen MR) is 123 cm³/mol. The fraction of sp³-hybridized carbons (Fsp3) is 0.360. The molecule has 0 radical (unpaired) electrons. The van der Waals surface area contributed by atoms with Gasteiger partial charge in [-0.2, -0.15) is 0 Å². The number of aromatic nitrogens is 1. The molecule has 0 aliphatic rings. The van der Waals surface area contributed by atoms with Gasteiger partial charge in [0.2, 0.25) is 5.89 Å². The lowest BCUT2D eigenvalue weighted by molar-refractivity contribution is 0.0779. The van der Waals surface area contributed by atoms with Gasteiger partial charge in [-0.05, 0) is 25.5 Å². The van der Waals surface area contributed by atoms with Crippen molar-refractivity contribution in [2.45, 2.75) is 39.5 Å². The van der Waals surface area contributed by atoms with Gasteiger partial charge in [0.1, 0.15) is 17.8 Å². The van der Waals surface area contributed by atoms with Crippen molar-refractivity contribution in [3.63, 3.8) is 0 Å². The van der Waals surface area contributed by atoms with Gasteiger partial charge in [-0.1, -0.05) is 36.4 Å². The molecule has 0 spiro atoms. The van der Waals surface area contributed by atoms with E-state index in [0.29, 0.717) is 31.2 Å². The largest absolute Gasteiger partial charge is 0.497 e. The summed E-state index contributed by atoms with van der Waals surface area (Å²) in [4.78, 5) is 21.1. The Kier molecular flexibility index (Phi) is 7.89. The first-order valence-electron chi connectivity index (χ1n) is 10.6. The molecule has 0 saturated heterocycles. The third-order valence-electron chi connectivity index (χ3n) is 5.32. The summed E-state index contributed by atoms with van der Waals surface area (Å²) >= 11 is 0. The number of hydrogen-bond donors (Lipinski definition) is 0. The van der Waals surface area contributed by atoms with Crippen molar-refractivity contribution in [1.29, 1.82) is 0 Å². The summed E-state index contributed by atoms with van der Waals surface area (Å²) < 4.78 is 16.5. The fourth-order valence-corrected chi connectivity index (χ4v) is 3.40. The van der Waals surface area contributed by atoms with E-state index < -0.39 is 0 Å². The van der Waals surface area contributed by atoms with Crippen molar-refractivity contribution in [2.24, 2.45) is 0 Å². The molecule has 0 fully saturated rings. The van der Waals surface area contributed by atoms with Crippen LogP contribution in [0.25, 0.3) is 0 Å². The van der Waals surface area contributed by atoms with E-state index in [1.54, 1.807) is 26.2 Å². The van der Waals surface area contributed by atoms with Crippen LogP contribution >= 0.6 is 0 Å². The van der Waals surface area contributed by atoms with Crippen LogP contribution in [0.2, 0.25) is 0 Å². The lowest BCUT2D eigenvalue weighted by Gasteiger charge is -2.26. The summed E-state index contributed by atoms with van der Waals surface area (Å²) in [5.41, 5.74) is 2.41. The standard InChI is InChI=1S/C25H31N3O4/c1-18(2)28(15-20-11-12-21(30-4)13-23(20)31-5)16-24-26-22(17-32-24)25(29)27(3)14-19-9-7-6-8-10-19/h6-13,17-18H,14-16H2,1-5H3. The summed E-state index contributed by atoms with van der Waals surface area (Å²) in [5.74, 6) is 1.84. The first-order valence-corrected chi connectivity index (χ1v) is 10.6. The third kappa shape index (κ3) is 5.88. The molecule has 0 unspecified atom stereocenters. The third-order valence-corrected chi connectivity index (χ3v) is 5.32. The Morgan fingerprint density at radius 3 is 2.44 bits per heavy atom. The Bertz CT molecular complexity index is 1020. The molecule has 1 amide bonds. The summed E-state index contributed by atoms with van der Waals surface area (Å²) in [6.45, 7) is 5.85. The van der Waals surface area contributed by atoms with Gasteiger partial charge in [0.25, 0.3) is 5.91 Å². The Hall–Kier alpha value is -3.32. The summed E-state index contributed by atoms with van der Waals surface area (Å²) in [6.07, 6.45) is 1.44. The van der Waals surface area contributed by atoms with Gasteiger partial charge < -0.3 is 18.8 Å². The number of amides is 1. The van der Waals surface area contributed by atoms with Crippen LogP contribution in [0.15, 0.2) is 59.2 Å². The van der Waals surface area contributed by atoms with Crippen LogP contribution in [0, 0.1) is 0 Å². The molecule has 2 aromatic carbocycles. The van der Waals surface area contributed by atoms with E-state index in [4.69, 9.17) is 13.9 Å². The van der Waals surface area contributed by atoms with Crippen LogP contribution < -0.4 is 9.47 Å². The van der Waals surface area contributed by atoms with E-state index in [0.717, 1.165) is 22.6 Å². The van der Waals surface area contributed by atoms with E-state index in [1.807, 2.05) is 48.5 Å². The van der Waals surface area contributed by atoms with Gasteiger partial charge in [-0.15, -0.1) is 0 Å². The molecule has 7 heteroatoms.